The third-order valence-electron chi connectivity index (χ3n) is 4.20. The van der Waals surface area contributed by atoms with Crippen LogP contribution in [0.2, 0.25) is 5.15 Å². The van der Waals surface area contributed by atoms with Gasteiger partial charge in [0.05, 0.1) is 18.8 Å². The molecule has 118 valence electrons. The molecule has 3 aromatic rings. The fourth-order valence-electron chi connectivity index (χ4n) is 3.13. The molecule has 8 heteroatoms. The van der Waals surface area contributed by atoms with Crippen LogP contribution in [0.3, 0.4) is 0 Å². The summed E-state index contributed by atoms with van der Waals surface area (Å²) in [4.78, 5) is 19.1. The molecule has 0 radical (unpaired) electrons. The van der Waals surface area contributed by atoms with Crippen LogP contribution in [0.5, 0.6) is 0 Å². The highest BCUT2D eigenvalue weighted by Crippen LogP contribution is 2.25. The van der Waals surface area contributed by atoms with E-state index in [1.54, 1.807) is 15.3 Å². The zero-order valence-electron chi connectivity index (χ0n) is 12.3. The summed E-state index contributed by atoms with van der Waals surface area (Å²) in [6.45, 7) is 1.36. The first-order chi connectivity index (χ1) is 11.2. The fourth-order valence-corrected chi connectivity index (χ4v) is 3.39. The molecule has 0 N–H and O–H groups in total. The zero-order chi connectivity index (χ0) is 15.8. The van der Waals surface area contributed by atoms with E-state index in [9.17, 15) is 4.79 Å². The number of hydrogen-bond donors (Lipinski definition) is 0. The first-order valence-corrected chi connectivity index (χ1v) is 7.89. The van der Waals surface area contributed by atoms with Crippen LogP contribution >= 0.6 is 11.6 Å². The third-order valence-corrected chi connectivity index (χ3v) is 4.46. The van der Waals surface area contributed by atoms with E-state index in [1.165, 1.54) is 0 Å². The zero-order valence-corrected chi connectivity index (χ0v) is 13.1. The number of hydrogen-bond acceptors (Lipinski definition) is 4. The van der Waals surface area contributed by atoms with Crippen molar-refractivity contribution >= 4 is 23.2 Å². The van der Waals surface area contributed by atoms with Gasteiger partial charge in [-0.3, -0.25) is 13.9 Å². The summed E-state index contributed by atoms with van der Waals surface area (Å²) >= 11 is 6.22. The second-order valence-electron chi connectivity index (χ2n) is 5.60. The summed E-state index contributed by atoms with van der Waals surface area (Å²) in [5.41, 5.74) is 1.10. The van der Waals surface area contributed by atoms with E-state index in [0.717, 1.165) is 12.8 Å². The number of halogens is 1. The second kappa shape index (κ2) is 5.66. The molecule has 1 saturated heterocycles. The van der Waals surface area contributed by atoms with Gasteiger partial charge in [0.25, 0.3) is 5.91 Å². The molecule has 0 saturated carbocycles. The smallest absolute Gasteiger partial charge is 0.274 e. The Bertz CT molecular complexity index is 843. The van der Waals surface area contributed by atoms with Gasteiger partial charge in [-0.2, -0.15) is 0 Å². The normalized spacial score (nSPS) is 18.0. The van der Waals surface area contributed by atoms with Crippen LogP contribution in [0.15, 0.2) is 36.8 Å². The standard InChI is InChI=1S/C15H15ClN6O/c16-14-13(22-7-2-1-5-12(22)18-14)15(23)21-8-3-4-11(21)10-20-9-6-17-19-20/h1-2,5-7,9,11H,3-4,8,10H2/t11-/m0/s1. The number of fused-ring (bicyclic) bond motifs is 1. The average molecular weight is 331 g/mol. The van der Waals surface area contributed by atoms with Crippen molar-refractivity contribution in [3.05, 3.63) is 47.6 Å². The van der Waals surface area contributed by atoms with Crippen LogP contribution < -0.4 is 0 Å². The molecule has 4 rings (SSSR count). The van der Waals surface area contributed by atoms with Crippen LogP contribution in [0.1, 0.15) is 23.3 Å². The molecular weight excluding hydrogens is 316 g/mol. The van der Waals surface area contributed by atoms with Gasteiger partial charge in [0.2, 0.25) is 0 Å². The monoisotopic (exact) mass is 330 g/mol. The maximum Gasteiger partial charge on any atom is 0.274 e. The average Bonchev–Trinajstić information content (AvgIpc) is 3.26. The lowest BCUT2D eigenvalue weighted by atomic mass is 10.2. The van der Waals surface area contributed by atoms with E-state index in [-0.39, 0.29) is 17.1 Å². The van der Waals surface area contributed by atoms with Crippen LogP contribution in [-0.2, 0) is 6.54 Å². The Morgan fingerprint density at radius 2 is 2.26 bits per heavy atom. The molecule has 0 bridgehead atoms. The second-order valence-corrected chi connectivity index (χ2v) is 5.96. The van der Waals surface area contributed by atoms with E-state index >= 15 is 0 Å². The number of carbonyl (C=O) groups is 1. The minimum atomic E-state index is -0.0867. The number of rotatable bonds is 3. The molecule has 0 unspecified atom stereocenters. The Kier molecular flexibility index (Phi) is 3.49. The number of imidazole rings is 1. The maximum absolute atomic E-state index is 13.0. The molecule has 1 fully saturated rings. The molecule has 7 nitrogen and oxygen atoms in total. The molecular formula is C15H15ClN6O. The van der Waals surface area contributed by atoms with Crippen LogP contribution in [-0.4, -0.2) is 47.8 Å². The molecule has 4 heterocycles. The Morgan fingerprint density at radius 3 is 3.09 bits per heavy atom. The molecule has 0 aliphatic carbocycles. The quantitative estimate of drug-likeness (QED) is 0.735. The lowest BCUT2D eigenvalue weighted by Gasteiger charge is -2.24. The van der Waals surface area contributed by atoms with Gasteiger partial charge >= 0.3 is 0 Å². The molecule has 0 spiro atoms. The van der Waals surface area contributed by atoms with Gasteiger partial charge in [-0.1, -0.05) is 22.9 Å². The van der Waals surface area contributed by atoms with Crippen molar-refractivity contribution < 1.29 is 4.79 Å². The lowest BCUT2D eigenvalue weighted by Crippen LogP contribution is -2.38. The van der Waals surface area contributed by atoms with E-state index in [1.807, 2.05) is 35.5 Å². The van der Waals surface area contributed by atoms with Crippen molar-refractivity contribution in [3.8, 4) is 0 Å². The molecule has 0 aromatic carbocycles. The van der Waals surface area contributed by atoms with Gasteiger partial charge in [0.15, 0.2) is 10.8 Å². The summed E-state index contributed by atoms with van der Waals surface area (Å²) in [7, 11) is 0. The number of likely N-dealkylation sites (tertiary alicyclic amines) is 1. The maximum atomic E-state index is 13.0. The molecule has 23 heavy (non-hydrogen) atoms. The van der Waals surface area contributed by atoms with Crippen molar-refractivity contribution in [2.24, 2.45) is 0 Å². The van der Waals surface area contributed by atoms with Gasteiger partial charge in [-0.25, -0.2) is 4.98 Å². The molecule has 3 aromatic heterocycles. The Labute approximate surface area is 137 Å². The van der Waals surface area contributed by atoms with Crippen molar-refractivity contribution in [2.45, 2.75) is 25.4 Å². The molecule has 1 aliphatic rings. The lowest BCUT2D eigenvalue weighted by molar-refractivity contribution is 0.0714. The van der Waals surface area contributed by atoms with E-state index in [0.29, 0.717) is 24.4 Å². The summed E-state index contributed by atoms with van der Waals surface area (Å²) in [5.74, 6) is -0.0867. The molecule has 1 aliphatic heterocycles. The van der Waals surface area contributed by atoms with E-state index in [2.05, 4.69) is 15.3 Å². The first kappa shape index (κ1) is 14.2. The summed E-state index contributed by atoms with van der Waals surface area (Å²) < 4.78 is 3.50. The summed E-state index contributed by atoms with van der Waals surface area (Å²) in [6, 6.07) is 5.66. The number of carbonyl (C=O) groups excluding carboxylic acids is 1. The van der Waals surface area contributed by atoms with Crippen molar-refractivity contribution in [1.82, 2.24) is 29.3 Å². The highest BCUT2D eigenvalue weighted by Gasteiger charge is 2.32. The van der Waals surface area contributed by atoms with E-state index < -0.39 is 0 Å². The highest BCUT2D eigenvalue weighted by molar-refractivity contribution is 6.32. The Morgan fingerprint density at radius 1 is 1.35 bits per heavy atom. The Hall–Kier alpha value is -2.41. The van der Waals surface area contributed by atoms with Crippen molar-refractivity contribution in [3.63, 3.8) is 0 Å². The predicted molar refractivity (Wildman–Crippen MR) is 84.3 cm³/mol. The van der Waals surface area contributed by atoms with Gasteiger partial charge in [0, 0.05) is 18.9 Å². The van der Waals surface area contributed by atoms with Gasteiger partial charge in [-0.05, 0) is 25.0 Å². The number of pyridine rings is 1. The minimum Gasteiger partial charge on any atom is -0.332 e. The number of nitrogens with zero attached hydrogens (tertiary/aromatic N) is 6. The fraction of sp³-hybridized carbons (Fsp3) is 0.333. The summed E-state index contributed by atoms with van der Waals surface area (Å²) in [6.07, 6.45) is 7.17. The number of aromatic nitrogens is 5. The Balaban J connectivity index is 1.65. The van der Waals surface area contributed by atoms with E-state index in [4.69, 9.17) is 11.6 Å². The first-order valence-electron chi connectivity index (χ1n) is 7.51. The van der Waals surface area contributed by atoms with Crippen LogP contribution in [0, 0.1) is 0 Å². The third kappa shape index (κ3) is 2.46. The SMILES string of the molecule is O=C(c1c(Cl)nc2ccccn12)N1CCC[C@H]1Cn1ccnn1. The largest absolute Gasteiger partial charge is 0.332 e. The highest BCUT2D eigenvalue weighted by atomic mass is 35.5. The predicted octanol–water partition coefficient (Wildman–Crippen LogP) is 1.88. The summed E-state index contributed by atoms with van der Waals surface area (Å²) in [5, 5.41) is 8.05. The minimum absolute atomic E-state index is 0.0867. The van der Waals surface area contributed by atoms with Crippen molar-refractivity contribution in [2.75, 3.05) is 6.54 Å². The van der Waals surface area contributed by atoms with Crippen LogP contribution in [0.25, 0.3) is 5.65 Å². The van der Waals surface area contributed by atoms with Crippen LogP contribution in [0.4, 0.5) is 0 Å². The van der Waals surface area contributed by atoms with Gasteiger partial charge < -0.3 is 4.90 Å². The molecule has 1 amide bonds. The number of amides is 1. The van der Waals surface area contributed by atoms with Gasteiger partial charge in [0.1, 0.15) is 5.65 Å². The van der Waals surface area contributed by atoms with Gasteiger partial charge in [-0.15, -0.1) is 5.10 Å². The molecule has 1 atom stereocenters. The topological polar surface area (TPSA) is 68.3 Å². The van der Waals surface area contributed by atoms with Crippen molar-refractivity contribution in [1.29, 1.82) is 0 Å².